The van der Waals surface area contributed by atoms with Gasteiger partial charge >= 0.3 is 12.6 Å². The molecule has 0 aliphatic rings. The number of halogens is 2. The highest BCUT2D eigenvalue weighted by Gasteiger charge is 2.12. The predicted molar refractivity (Wildman–Crippen MR) is 62.7 cm³/mol. The molecule has 0 heterocycles. The quantitative estimate of drug-likeness (QED) is 0.639. The standard InChI is InChI=1S/C11H13F2N3O2/c1-6-3-4-9(18-10(12)13)8(5-6)7(2)15-16-11(14)17/h3-5,10H,1-2H3,(H3,14,16,17)/b15-7-. The molecule has 0 spiro atoms. The van der Waals surface area contributed by atoms with Gasteiger partial charge in [0, 0.05) is 5.56 Å². The van der Waals surface area contributed by atoms with Gasteiger partial charge in [0.1, 0.15) is 5.75 Å². The van der Waals surface area contributed by atoms with E-state index < -0.39 is 12.6 Å². The number of rotatable bonds is 4. The SMILES string of the molecule is C/C(=N/NC(N)=O)c1cc(C)ccc1OC(F)F. The van der Waals surface area contributed by atoms with Gasteiger partial charge in [0.05, 0.1) is 5.71 Å². The molecule has 7 heteroatoms. The summed E-state index contributed by atoms with van der Waals surface area (Å²) in [6.45, 7) is 0.413. The highest BCUT2D eigenvalue weighted by Crippen LogP contribution is 2.22. The zero-order valence-electron chi connectivity index (χ0n) is 9.91. The van der Waals surface area contributed by atoms with Crippen LogP contribution in [0.1, 0.15) is 18.1 Å². The van der Waals surface area contributed by atoms with Crippen LogP contribution in [0.5, 0.6) is 5.75 Å². The molecule has 0 saturated carbocycles. The third kappa shape index (κ3) is 4.00. The Labute approximate surface area is 103 Å². The van der Waals surface area contributed by atoms with Crippen LogP contribution in [0.2, 0.25) is 0 Å². The van der Waals surface area contributed by atoms with Crippen molar-refractivity contribution in [2.75, 3.05) is 0 Å². The molecule has 2 amide bonds. The molecule has 1 aromatic carbocycles. The third-order valence-electron chi connectivity index (χ3n) is 2.07. The largest absolute Gasteiger partial charge is 0.434 e. The van der Waals surface area contributed by atoms with Crippen molar-refractivity contribution in [2.45, 2.75) is 20.5 Å². The van der Waals surface area contributed by atoms with Gasteiger partial charge in [-0.15, -0.1) is 0 Å². The summed E-state index contributed by atoms with van der Waals surface area (Å²) in [5.74, 6) is -0.0110. The number of ether oxygens (including phenoxy) is 1. The lowest BCUT2D eigenvalue weighted by Gasteiger charge is -2.11. The van der Waals surface area contributed by atoms with Crippen LogP contribution in [0.3, 0.4) is 0 Å². The molecular weight excluding hydrogens is 244 g/mol. The van der Waals surface area contributed by atoms with E-state index in [1.807, 2.05) is 5.43 Å². The lowest BCUT2D eigenvalue weighted by atomic mass is 10.1. The molecule has 0 bridgehead atoms. The van der Waals surface area contributed by atoms with Crippen LogP contribution < -0.4 is 15.9 Å². The smallest absolute Gasteiger partial charge is 0.387 e. The number of amides is 2. The molecule has 0 unspecified atom stereocenters. The topological polar surface area (TPSA) is 76.7 Å². The van der Waals surface area contributed by atoms with Crippen LogP contribution in [0, 0.1) is 6.92 Å². The lowest BCUT2D eigenvalue weighted by Crippen LogP contribution is -2.25. The Morgan fingerprint density at radius 2 is 2.17 bits per heavy atom. The zero-order valence-corrected chi connectivity index (χ0v) is 9.91. The van der Waals surface area contributed by atoms with Crippen molar-refractivity contribution >= 4 is 11.7 Å². The van der Waals surface area contributed by atoms with E-state index in [1.54, 1.807) is 26.0 Å². The number of hydrazone groups is 1. The minimum Gasteiger partial charge on any atom is -0.434 e. The number of carbonyl (C=O) groups excluding carboxylic acids is 1. The molecule has 98 valence electrons. The molecule has 3 N–H and O–H groups in total. The monoisotopic (exact) mass is 257 g/mol. The van der Waals surface area contributed by atoms with E-state index in [0.717, 1.165) is 5.56 Å². The normalized spacial score (nSPS) is 11.5. The molecule has 0 aromatic heterocycles. The average Bonchev–Trinajstić information content (AvgIpc) is 2.27. The fourth-order valence-electron chi connectivity index (χ4n) is 1.32. The summed E-state index contributed by atoms with van der Waals surface area (Å²) in [6.07, 6.45) is 0. The third-order valence-corrected chi connectivity index (χ3v) is 2.07. The Hall–Kier alpha value is -2.18. The van der Waals surface area contributed by atoms with Gasteiger partial charge in [0.2, 0.25) is 0 Å². The fourth-order valence-corrected chi connectivity index (χ4v) is 1.32. The highest BCUT2D eigenvalue weighted by atomic mass is 19.3. The first kappa shape index (κ1) is 13.9. The number of hydrogen-bond acceptors (Lipinski definition) is 3. The van der Waals surface area contributed by atoms with Crippen LogP contribution in [0.4, 0.5) is 13.6 Å². The van der Waals surface area contributed by atoms with Crippen LogP contribution in [0.25, 0.3) is 0 Å². The summed E-state index contributed by atoms with van der Waals surface area (Å²) in [5.41, 5.74) is 8.41. The Bertz CT molecular complexity index is 475. The minimum absolute atomic E-state index is 0.0110. The molecule has 0 saturated heterocycles. The number of aryl methyl sites for hydroxylation is 1. The number of nitrogens with one attached hydrogen (secondary N) is 1. The van der Waals surface area contributed by atoms with Crippen molar-refractivity contribution in [3.8, 4) is 5.75 Å². The zero-order chi connectivity index (χ0) is 13.7. The first-order valence-corrected chi connectivity index (χ1v) is 5.05. The van der Waals surface area contributed by atoms with Crippen LogP contribution in [-0.2, 0) is 0 Å². The van der Waals surface area contributed by atoms with Gasteiger partial charge in [0.15, 0.2) is 0 Å². The fraction of sp³-hybridized carbons (Fsp3) is 0.273. The van der Waals surface area contributed by atoms with E-state index in [9.17, 15) is 13.6 Å². The van der Waals surface area contributed by atoms with Crippen molar-refractivity contribution in [1.82, 2.24) is 5.43 Å². The average molecular weight is 257 g/mol. The van der Waals surface area contributed by atoms with Gasteiger partial charge in [-0.2, -0.15) is 13.9 Å². The Morgan fingerprint density at radius 3 is 2.72 bits per heavy atom. The molecule has 0 radical (unpaired) electrons. The summed E-state index contributed by atoms with van der Waals surface area (Å²) in [7, 11) is 0. The van der Waals surface area contributed by atoms with Gasteiger partial charge in [-0.05, 0) is 26.0 Å². The number of carbonyl (C=O) groups is 1. The minimum atomic E-state index is -2.93. The molecule has 0 atom stereocenters. The molecule has 0 aliphatic heterocycles. The van der Waals surface area contributed by atoms with Crippen LogP contribution >= 0.6 is 0 Å². The van der Waals surface area contributed by atoms with Gasteiger partial charge < -0.3 is 10.5 Å². The van der Waals surface area contributed by atoms with E-state index in [4.69, 9.17) is 5.73 Å². The molecule has 18 heavy (non-hydrogen) atoms. The Morgan fingerprint density at radius 1 is 1.50 bits per heavy atom. The second kappa shape index (κ2) is 5.95. The van der Waals surface area contributed by atoms with Crippen LogP contribution in [0.15, 0.2) is 23.3 Å². The molecule has 1 aromatic rings. The van der Waals surface area contributed by atoms with Crippen LogP contribution in [-0.4, -0.2) is 18.4 Å². The number of urea groups is 1. The van der Waals surface area contributed by atoms with E-state index in [2.05, 4.69) is 9.84 Å². The van der Waals surface area contributed by atoms with E-state index >= 15 is 0 Å². The summed E-state index contributed by atoms with van der Waals surface area (Å²) in [5, 5.41) is 3.67. The molecule has 1 rings (SSSR count). The first-order chi connectivity index (χ1) is 8.40. The molecule has 0 aliphatic carbocycles. The number of alkyl halides is 2. The summed E-state index contributed by atoms with van der Waals surface area (Å²) in [4.78, 5) is 10.5. The lowest BCUT2D eigenvalue weighted by molar-refractivity contribution is -0.0499. The Balaban J connectivity index is 3.07. The second-order valence-corrected chi connectivity index (χ2v) is 3.55. The van der Waals surface area contributed by atoms with Crippen molar-refractivity contribution < 1.29 is 18.3 Å². The van der Waals surface area contributed by atoms with Gasteiger partial charge in [0.25, 0.3) is 0 Å². The summed E-state index contributed by atoms with van der Waals surface area (Å²) < 4.78 is 28.8. The summed E-state index contributed by atoms with van der Waals surface area (Å²) >= 11 is 0. The maximum Gasteiger partial charge on any atom is 0.387 e. The Kier molecular flexibility index (Phi) is 4.59. The van der Waals surface area contributed by atoms with E-state index in [-0.39, 0.29) is 5.75 Å². The van der Waals surface area contributed by atoms with Crippen molar-refractivity contribution in [3.05, 3.63) is 29.3 Å². The second-order valence-electron chi connectivity index (χ2n) is 3.55. The number of nitrogens with zero attached hydrogens (tertiary/aromatic N) is 1. The molecular formula is C11H13F2N3O2. The van der Waals surface area contributed by atoms with Crippen molar-refractivity contribution in [3.63, 3.8) is 0 Å². The summed E-state index contributed by atoms with van der Waals surface area (Å²) in [6, 6.07) is 3.84. The predicted octanol–water partition coefficient (Wildman–Crippen LogP) is 1.99. The van der Waals surface area contributed by atoms with Gasteiger partial charge in [-0.3, -0.25) is 0 Å². The van der Waals surface area contributed by atoms with Crippen molar-refractivity contribution in [1.29, 1.82) is 0 Å². The highest BCUT2D eigenvalue weighted by molar-refractivity contribution is 6.01. The maximum absolute atomic E-state index is 12.2. The molecule has 5 nitrogen and oxygen atoms in total. The first-order valence-electron chi connectivity index (χ1n) is 5.05. The molecule has 0 fully saturated rings. The van der Waals surface area contributed by atoms with E-state index in [1.165, 1.54) is 6.07 Å². The number of nitrogens with two attached hydrogens (primary N) is 1. The number of benzene rings is 1. The van der Waals surface area contributed by atoms with Gasteiger partial charge in [-0.1, -0.05) is 11.6 Å². The van der Waals surface area contributed by atoms with Crippen molar-refractivity contribution in [2.24, 2.45) is 10.8 Å². The van der Waals surface area contributed by atoms with Gasteiger partial charge in [-0.25, -0.2) is 10.2 Å². The van der Waals surface area contributed by atoms with E-state index in [0.29, 0.717) is 11.3 Å². The maximum atomic E-state index is 12.2. The number of hydrogen-bond donors (Lipinski definition) is 2. The number of primary amides is 1.